The quantitative estimate of drug-likeness (QED) is 0.829. The van der Waals surface area contributed by atoms with E-state index in [1.165, 1.54) is 12.1 Å². The molecule has 120 valence electrons. The van der Waals surface area contributed by atoms with Crippen molar-refractivity contribution in [2.24, 2.45) is 0 Å². The SMILES string of the molecule is CCOC(=O)c1ccccc1NC(=O)CCc1cccc(F)c1. The number of carbonyl (C=O) groups is 2. The van der Waals surface area contributed by atoms with Crippen LogP contribution in [0.2, 0.25) is 0 Å². The standard InChI is InChI=1S/C18H18FNO3/c1-2-23-18(22)15-8-3-4-9-16(15)20-17(21)11-10-13-6-5-7-14(19)12-13/h3-9,12H,2,10-11H2,1H3,(H,20,21). The molecule has 0 aromatic heterocycles. The number of hydrogen-bond acceptors (Lipinski definition) is 3. The fourth-order valence-electron chi connectivity index (χ4n) is 2.14. The van der Waals surface area contributed by atoms with Crippen LogP contribution in [0.3, 0.4) is 0 Å². The van der Waals surface area contributed by atoms with E-state index >= 15 is 0 Å². The summed E-state index contributed by atoms with van der Waals surface area (Å²) in [5.41, 5.74) is 1.47. The molecule has 23 heavy (non-hydrogen) atoms. The van der Waals surface area contributed by atoms with Crippen LogP contribution in [-0.4, -0.2) is 18.5 Å². The summed E-state index contributed by atoms with van der Waals surface area (Å²) in [6.45, 7) is 1.98. The highest BCUT2D eigenvalue weighted by molar-refractivity contribution is 6.01. The van der Waals surface area contributed by atoms with Crippen molar-refractivity contribution >= 4 is 17.6 Å². The summed E-state index contributed by atoms with van der Waals surface area (Å²) < 4.78 is 18.1. The Kier molecular flexibility index (Phi) is 5.86. The molecule has 0 aliphatic carbocycles. The van der Waals surface area contributed by atoms with Crippen molar-refractivity contribution in [1.82, 2.24) is 0 Å². The van der Waals surface area contributed by atoms with E-state index in [4.69, 9.17) is 4.74 Å². The van der Waals surface area contributed by atoms with Gasteiger partial charge in [-0.25, -0.2) is 9.18 Å². The van der Waals surface area contributed by atoms with Crippen LogP contribution in [0, 0.1) is 5.82 Å². The van der Waals surface area contributed by atoms with Gasteiger partial charge < -0.3 is 10.1 Å². The zero-order chi connectivity index (χ0) is 16.7. The van der Waals surface area contributed by atoms with Crippen LogP contribution < -0.4 is 5.32 Å². The lowest BCUT2D eigenvalue weighted by atomic mass is 10.1. The highest BCUT2D eigenvalue weighted by Crippen LogP contribution is 2.17. The van der Waals surface area contributed by atoms with Crippen molar-refractivity contribution in [2.75, 3.05) is 11.9 Å². The van der Waals surface area contributed by atoms with Gasteiger partial charge in [0.2, 0.25) is 5.91 Å². The molecule has 4 nitrogen and oxygen atoms in total. The molecular weight excluding hydrogens is 297 g/mol. The van der Waals surface area contributed by atoms with Crippen LogP contribution in [0.1, 0.15) is 29.3 Å². The summed E-state index contributed by atoms with van der Waals surface area (Å²) in [5, 5.41) is 2.70. The number of aryl methyl sites for hydroxylation is 1. The van der Waals surface area contributed by atoms with Gasteiger partial charge in [0.15, 0.2) is 0 Å². The van der Waals surface area contributed by atoms with Crippen molar-refractivity contribution in [3.05, 3.63) is 65.5 Å². The van der Waals surface area contributed by atoms with E-state index in [2.05, 4.69) is 5.32 Å². The van der Waals surface area contributed by atoms with Gasteiger partial charge in [-0.15, -0.1) is 0 Å². The lowest BCUT2D eigenvalue weighted by molar-refractivity contribution is -0.116. The van der Waals surface area contributed by atoms with Crippen molar-refractivity contribution < 1.29 is 18.7 Å². The molecule has 2 aromatic rings. The van der Waals surface area contributed by atoms with Crippen LogP contribution in [0.15, 0.2) is 48.5 Å². The maximum absolute atomic E-state index is 13.1. The Bertz CT molecular complexity index is 700. The Labute approximate surface area is 134 Å². The predicted octanol–water partition coefficient (Wildman–Crippen LogP) is 3.57. The predicted molar refractivity (Wildman–Crippen MR) is 85.7 cm³/mol. The number of anilines is 1. The van der Waals surface area contributed by atoms with Crippen molar-refractivity contribution in [3.8, 4) is 0 Å². The number of nitrogens with one attached hydrogen (secondary N) is 1. The van der Waals surface area contributed by atoms with E-state index in [9.17, 15) is 14.0 Å². The molecule has 0 saturated carbocycles. The third kappa shape index (κ3) is 4.92. The van der Waals surface area contributed by atoms with Gasteiger partial charge >= 0.3 is 5.97 Å². The van der Waals surface area contributed by atoms with Crippen molar-refractivity contribution in [2.45, 2.75) is 19.8 Å². The summed E-state index contributed by atoms with van der Waals surface area (Å²) in [4.78, 5) is 23.9. The van der Waals surface area contributed by atoms with Crippen molar-refractivity contribution in [1.29, 1.82) is 0 Å². The molecule has 5 heteroatoms. The first-order valence-corrected chi connectivity index (χ1v) is 7.40. The number of benzene rings is 2. The van der Waals surface area contributed by atoms with Gasteiger partial charge in [-0.1, -0.05) is 24.3 Å². The lowest BCUT2D eigenvalue weighted by Gasteiger charge is -2.10. The molecule has 0 heterocycles. The normalized spacial score (nSPS) is 10.2. The summed E-state index contributed by atoms with van der Waals surface area (Å²) >= 11 is 0. The minimum atomic E-state index is -0.478. The molecule has 0 aliphatic rings. The van der Waals surface area contributed by atoms with Crippen LogP contribution >= 0.6 is 0 Å². The third-order valence-electron chi connectivity index (χ3n) is 3.23. The van der Waals surface area contributed by atoms with Gasteiger partial charge in [-0.05, 0) is 43.2 Å². The molecule has 1 N–H and O–H groups in total. The molecule has 0 fully saturated rings. The molecule has 1 amide bonds. The molecular formula is C18H18FNO3. The topological polar surface area (TPSA) is 55.4 Å². The first-order valence-electron chi connectivity index (χ1n) is 7.40. The molecule has 0 unspecified atom stereocenters. The number of para-hydroxylation sites is 1. The second-order valence-electron chi connectivity index (χ2n) is 4.94. The largest absolute Gasteiger partial charge is 0.462 e. The zero-order valence-electron chi connectivity index (χ0n) is 12.8. The average Bonchev–Trinajstić information content (AvgIpc) is 2.54. The molecule has 0 saturated heterocycles. The highest BCUT2D eigenvalue weighted by Gasteiger charge is 2.13. The summed E-state index contributed by atoms with van der Waals surface area (Å²) in [7, 11) is 0. The summed E-state index contributed by atoms with van der Waals surface area (Å²) in [6, 6.07) is 12.8. The molecule has 0 aliphatic heterocycles. The van der Waals surface area contributed by atoms with Crippen LogP contribution in [0.25, 0.3) is 0 Å². The molecule has 2 aromatic carbocycles. The Balaban J connectivity index is 1.99. The van der Waals surface area contributed by atoms with E-state index in [-0.39, 0.29) is 24.8 Å². The monoisotopic (exact) mass is 315 g/mol. The van der Waals surface area contributed by atoms with Crippen molar-refractivity contribution in [3.63, 3.8) is 0 Å². The third-order valence-corrected chi connectivity index (χ3v) is 3.23. The fraction of sp³-hybridized carbons (Fsp3) is 0.222. The van der Waals surface area contributed by atoms with Gasteiger partial charge in [0, 0.05) is 6.42 Å². The number of hydrogen-bond donors (Lipinski definition) is 1. The Hall–Kier alpha value is -2.69. The van der Waals surface area contributed by atoms with E-state index in [1.54, 1.807) is 43.3 Å². The fourth-order valence-corrected chi connectivity index (χ4v) is 2.14. The molecule has 2 rings (SSSR count). The van der Waals surface area contributed by atoms with Gasteiger partial charge in [-0.3, -0.25) is 4.79 Å². The average molecular weight is 315 g/mol. The molecule has 0 atom stereocenters. The van der Waals surface area contributed by atoms with Gasteiger partial charge in [0.05, 0.1) is 17.9 Å². The number of esters is 1. The molecule has 0 spiro atoms. The van der Waals surface area contributed by atoms with Gasteiger partial charge in [0.1, 0.15) is 5.82 Å². The number of amides is 1. The smallest absolute Gasteiger partial charge is 0.340 e. The number of carbonyl (C=O) groups excluding carboxylic acids is 2. The minimum absolute atomic E-state index is 0.195. The maximum atomic E-state index is 13.1. The van der Waals surface area contributed by atoms with Crippen LogP contribution in [-0.2, 0) is 16.0 Å². The van der Waals surface area contributed by atoms with E-state index in [0.29, 0.717) is 17.7 Å². The lowest BCUT2D eigenvalue weighted by Crippen LogP contribution is -2.16. The number of halogens is 1. The first kappa shape index (κ1) is 16.7. The van der Waals surface area contributed by atoms with Crippen LogP contribution in [0.5, 0.6) is 0 Å². The first-order chi connectivity index (χ1) is 11.1. The van der Waals surface area contributed by atoms with Crippen LogP contribution in [0.4, 0.5) is 10.1 Å². The second kappa shape index (κ2) is 8.08. The highest BCUT2D eigenvalue weighted by atomic mass is 19.1. The Morgan fingerprint density at radius 1 is 1.13 bits per heavy atom. The maximum Gasteiger partial charge on any atom is 0.340 e. The number of rotatable bonds is 6. The molecule has 0 radical (unpaired) electrons. The zero-order valence-corrected chi connectivity index (χ0v) is 12.8. The van der Waals surface area contributed by atoms with Gasteiger partial charge in [-0.2, -0.15) is 0 Å². The number of ether oxygens (including phenoxy) is 1. The van der Waals surface area contributed by atoms with E-state index in [0.717, 1.165) is 5.56 Å². The second-order valence-corrected chi connectivity index (χ2v) is 4.94. The van der Waals surface area contributed by atoms with Gasteiger partial charge in [0.25, 0.3) is 0 Å². The summed E-state index contributed by atoms with van der Waals surface area (Å²) in [6.07, 6.45) is 0.617. The molecule has 0 bridgehead atoms. The van der Waals surface area contributed by atoms with E-state index in [1.807, 2.05) is 0 Å². The summed E-state index contributed by atoms with van der Waals surface area (Å²) in [5.74, 6) is -1.05. The minimum Gasteiger partial charge on any atom is -0.462 e. The Morgan fingerprint density at radius 2 is 1.91 bits per heavy atom. The van der Waals surface area contributed by atoms with E-state index < -0.39 is 5.97 Å². The Morgan fingerprint density at radius 3 is 2.65 bits per heavy atom.